The molecule has 4 aromatic rings. The summed E-state index contributed by atoms with van der Waals surface area (Å²) < 4.78 is 17.9. The van der Waals surface area contributed by atoms with Gasteiger partial charge < -0.3 is 19.5 Å². The molecule has 11 heteroatoms. The van der Waals surface area contributed by atoms with Crippen LogP contribution in [0.3, 0.4) is 0 Å². The first-order valence-corrected chi connectivity index (χ1v) is 11.4. The molecule has 0 radical (unpaired) electrons. The molecule has 4 rings (SSSR count). The summed E-state index contributed by atoms with van der Waals surface area (Å²) in [7, 11) is 4.61. The van der Waals surface area contributed by atoms with E-state index < -0.39 is 4.92 Å². The highest BCUT2D eigenvalue weighted by Crippen LogP contribution is 2.34. The minimum Gasteiger partial charge on any atom is -0.497 e. The second kappa shape index (κ2) is 10.3. The van der Waals surface area contributed by atoms with Crippen LogP contribution >= 0.6 is 11.8 Å². The van der Waals surface area contributed by atoms with E-state index in [1.54, 1.807) is 31.4 Å². The van der Waals surface area contributed by atoms with Crippen LogP contribution < -0.4 is 19.5 Å². The van der Waals surface area contributed by atoms with Crippen molar-refractivity contribution in [2.75, 3.05) is 32.4 Å². The highest BCUT2D eigenvalue weighted by atomic mass is 32.2. The van der Waals surface area contributed by atoms with Crippen molar-refractivity contribution in [3.63, 3.8) is 0 Å². The van der Waals surface area contributed by atoms with Gasteiger partial charge in [0.2, 0.25) is 5.91 Å². The van der Waals surface area contributed by atoms with Crippen molar-refractivity contribution in [2.45, 2.75) is 5.16 Å². The highest BCUT2D eigenvalue weighted by molar-refractivity contribution is 7.99. The van der Waals surface area contributed by atoms with E-state index in [9.17, 15) is 14.9 Å². The number of nitro groups is 1. The number of hydrogen-bond donors (Lipinski definition) is 1. The normalized spacial score (nSPS) is 10.7. The number of rotatable bonds is 9. The number of benzene rings is 3. The van der Waals surface area contributed by atoms with Crippen LogP contribution in [0.5, 0.6) is 17.2 Å². The number of non-ortho nitro benzene ring substituents is 1. The third-order valence-corrected chi connectivity index (χ3v) is 6.10. The van der Waals surface area contributed by atoms with E-state index in [-0.39, 0.29) is 17.3 Å². The number of ether oxygens (including phenoxy) is 3. The SMILES string of the molecule is COc1ccc(OC)c(NC(=O)CSc2nc3cc([N+](=O)[O-])ccc3n2-c2ccccc2OC)c1. The van der Waals surface area contributed by atoms with E-state index in [0.29, 0.717) is 44.8 Å². The standard InChI is InChI=1S/C24H22N4O6S/c1-32-16-9-11-21(33-2)18(13-16)25-23(29)14-35-24-26-17-12-15(28(30)31)8-10-19(17)27(24)20-6-4-5-7-22(20)34-3/h4-13H,14H2,1-3H3,(H,25,29). The molecule has 1 N–H and O–H groups in total. The van der Waals surface area contributed by atoms with Gasteiger partial charge in [0.05, 0.1) is 54.4 Å². The Bertz CT molecular complexity index is 1400. The lowest BCUT2D eigenvalue weighted by atomic mass is 10.2. The van der Waals surface area contributed by atoms with E-state index in [1.165, 1.54) is 38.1 Å². The minimum absolute atomic E-state index is 0.0287. The predicted molar refractivity (Wildman–Crippen MR) is 133 cm³/mol. The summed E-state index contributed by atoms with van der Waals surface area (Å²) in [6.07, 6.45) is 0. The minimum atomic E-state index is -0.469. The third kappa shape index (κ3) is 4.99. The Morgan fingerprint density at radius 1 is 1.03 bits per heavy atom. The van der Waals surface area contributed by atoms with Crippen molar-refractivity contribution in [1.29, 1.82) is 0 Å². The maximum atomic E-state index is 12.8. The smallest absolute Gasteiger partial charge is 0.271 e. The molecule has 0 unspecified atom stereocenters. The monoisotopic (exact) mass is 494 g/mol. The number of anilines is 1. The molecular formula is C24H22N4O6S. The number of thioether (sulfide) groups is 1. The quantitative estimate of drug-likeness (QED) is 0.202. The summed E-state index contributed by atoms with van der Waals surface area (Å²) >= 11 is 1.19. The first-order chi connectivity index (χ1) is 16.9. The lowest BCUT2D eigenvalue weighted by Gasteiger charge is -2.13. The van der Waals surface area contributed by atoms with Crippen LogP contribution in [0.4, 0.5) is 11.4 Å². The summed E-state index contributed by atoms with van der Waals surface area (Å²) in [5, 5.41) is 14.6. The van der Waals surface area contributed by atoms with Gasteiger partial charge in [-0.05, 0) is 30.3 Å². The first-order valence-electron chi connectivity index (χ1n) is 10.4. The van der Waals surface area contributed by atoms with Gasteiger partial charge in [0.25, 0.3) is 5.69 Å². The Morgan fingerprint density at radius 2 is 1.80 bits per heavy atom. The van der Waals surface area contributed by atoms with Crippen LogP contribution in [0.25, 0.3) is 16.7 Å². The number of carbonyl (C=O) groups is 1. The maximum Gasteiger partial charge on any atom is 0.271 e. The molecule has 1 heterocycles. The van der Waals surface area contributed by atoms with Gasteiger partial charge >= 0.3 is 0 Å². The van der Waals surface area contributed by atoms with Gasteiger partial charge in [-0.1, -0.05) is 23.9 Å². The fourth-order valence-corrected chi connectivity index (χ4v) is 4.35. The lowest BCUT2D eigenvalue weighted by molar-refractivity contribution is -0.384. The van der Waals surface area contributed by atoms with Crippen molar-refractivity contribution in [3.8, 4) is 22.9 Å². The largest absolute Gasteiger partial charge is 0.497 e. The summed E-state index contributed by atoms with van der Waals surface area (Å²) in [6.45, 7) is 0. The molecule has 0 aliphatic carbocycles. The van der Waals surface area contributed by atoms with Gasteiger partial charge in [0.1, 0.15) is 17.2 Å². The van der Waals surface area contributed by atoms with E-state index in [1.807, 2.05) is 28.8 Å². The van der Waals surface area contributed by atoms with Crippen LogP contribution in [-0.4, -0.2) is 47.5 Å². The summed E-state index contributed by atoms with van der Waals surface area (Å²) in [4.78, 5) is 28.2. The van der Waals surface area contributed by atoms with E-state index >= 15 is 0 Å². The third-order valence-electron chi connectivity index (χ3n) is 5.16. The van der Waals surface area contributed by atoms with E-state index in [0.717, 1.165) is 0 Å². The Hall–Kier alpha value is -4.25. The number of methoxy groups -OCH3 is 3. The van der Waals surface area contributed by atoms with Crippen molar-refractivity contribution in [3.05, 3.63) is 70.8 Å². The average Bonchev–Trinajstić information content (AvgIpc) is 3.24. The number of amides is 1. The number of nitrogens with one attached hydrogen (secondary N) is 1. The van der Waals surface area contributed by atoms with Crippen LogP contribution in [0, 0.1) is 10.1 Å². The van der Waals surface area contributed by atoms with Crippen molar-refractivity contribution in [2.24, 2.45) is 0 Å². The number of nitrogens with zero attached hydrogens (tertiary/aromatic N) is 3. The predicted octanol–water partition coefficient (Wildman–Crippen LogP) is 4.69. The van der Waals surface area contributed by atoms with Gasteiger partial charge in [0, 0.05) is 18.2 Å². The molecule has 0 aliphatic heterocycles. The number of nitro benzene ring substituents is 1. The molecule has 1 amide bonds. The molecule has 0 atom stereocenters. The van der Waals surface area contributed by atoms with E-state index in [2.05, 4.69) is 10.3 Å². The zero-order valence-electron chi connectivity index (χ0n) is 19.2. The second-order valence-electron chi connectivity index (χ2n) is 7.23. The van der Waals surface area contributed by atoms with Crippen LogP contribution in [0.1, 0.15) is 0 Å². The molecule has 0 aliphatic rings. The van der Waals surface area contributed by atoms with Crippen molar-refractivity contribution in [1.82, 2.24) is 9.55 Å². The fourth-order valence-electron chi connectivity index (χ4n) is 3.53. The molecule has 0 saturated carbocycles. The number of fused-ring (bicyclic) bond motifs is 1. The van der Waals surface area contributed by atoms with Crippen LogP contribution in [0.2, 0.25) is 0 Å². The first kappa shape index (κ1) is 23.9. The number of imidazole rings is 1. The molecular weight excluding hydrogens is 472 g/mol. The van der Waals surface area contributed by atoms with Gasteiger partial charge in [-0.2, -0.15) is 0 Å². The Kier molecular flexibility index (Phi) is 7.06. The molecule has 3 aromatic carbocycles. The van der Waals surface area contributed by atoms with Gasteiger partial charge in [0.15, 0.2) is 5.16 Å². The average molecular weight is 495 g/mol. The molecule has 10 nitrogen and oxygen atoms in total. The van der Waals surface area contributed by atoms with Crippen molar-refractivity contribution < 1.29 is 23.9 Å². The number of aromatic nitrogens is 2. The summed E-state index contributed by atoms with van der Waals surface area (Å²) in [5.41, 5.74) is 2.19. The summed E-state index contributed by atoms with van der Waals surface area (Å²) in [6, 6.07) is 16.9. The molecule has 0 bridgehead atoms. The zero-order valence-corrected chi connectivity index (χ0v) is 20.0. The highest BCUT2D eigenvalue weighted by Gasteiger charge is 2.20. The Morgan fingerprint density at radius 3 is 2.51 bits per heavy atom. The molecule has 0 spiro atoms. The maximum absolute atomic E-state index is 12.8. The van der Waals surface area contributed by atoms with Gasteiger partial charge in [-0.3, -0.25) is 19.5 Å². The van der Waals surface area contributed by atoms with E-state index in [4.69, 9.17) is 14.2 Å². The molecule has 1 aromatic heterocycles. The number of para-hydroxylation sites is 2. The van der Waals surface area contributed by atoms with Gasteiger partial charge in [-0.15, -0.1) is 0 Å². The molecule has 0 saturated heterocycles. The van der Waals surface area contributed by atoms with Crippen LogP contribution in [-0.2, 0) is 4.79 Å². The van der Waals surface area contributed by atoms with Gasteiger partial charge in [-0.25, -0.2) is 4.98 Å². The summed E-state index contributed by atoms with van der Waals surface area (Å²) in [5.74, 6) is 1.41. The Balaban J connectivity index is 1.67. The number of carbonyl (C=O) groups excluding carboxylic acids is 1. The fraction of sp³-hybridized carbons (Fsp3) is 0.167. The second-order valence-corrected chi connectivity index (χ2v) is 8.18. The number of hydrogen-bond acceptors (Lipinski definition) is 8. The molecule has 35 heavy (non-hydrogen) atoms. The molecule has 180 valence electrons. The lowest BCUT2D eigenvalue weighted by Crippen LogP contribution is -2.15. The molecule has 0 fully saturated rings. The van der Waals surface area contributed by atoms with Crippen LogP contribution in [0.15, 0.2) is 65.8 Å². The Labute approximate surface area is 205 Å². The zero-order chi connectivity index (χ0) is 24.9. The topological polar surface area (TPSA) is 118 Å². The van der Waals surface area contributed by atoms with Crippen molar-refractivity contribution >= 4 is 40.1 Å².